The van der Waals surface area contributed by atoms with Gasteiger partial charge in [0.15, 0.2) is 0 Å². The number of hydrogen-bond acceptors (Lipinski definition) is 5. The summed E-state index contributed by atoms with van der Waals surface area (Å²) in [4.78, 5) is 15.3. The Bertz CT molecular complexity index is 572. The summed E-state index contributed by atoms with van der Waals surface area (Å²) in [6.45, 7) is 2.37. The van der Waals surface area contributed by atoms with E-state index in [1.165, 1.54) is 19.4 Å². The van der Waals surface area contributed by atoms with E-state index in [0.717, 1.165) is 30.3 Å². The van der Waals surface area contributed by atoms with Gasteiger partial charge in [-0.05, 0) is 50.9 Å². The third-order valence-corrected chi connectivity index (χ3v) is 3.86. The maximum Gasteiger partial charge on any atom is 0.135 e. The minimum Gasteiger partial charge on any atom is -0.325 e. The van der Waals surface area contributed by atoms with E-state index >= 15 is 0 Å². The minimum absolute atomic E-state index is 0.696. The van der Waals surface area contributed by atoms with Crippen LogP contribution >= 0.6 is 0 Å². The Morgan fingerprint density at radius 1 is 1.24 bits per heavy atom. The van der Waals surface area contributed by atoms with Crippen LogP contribution in [0.15, 0.2) is 36.8 Å². The summed E-state index contributed by atoms with van der Waals surface area (Å²) in [6.07, 6.45) is 6.99. The number of piperidine rings is 1. The maximum atomic E-state index is 4.41. The molecule has 0 radical (unpaired) electrons. The summed E-state index contributed by atoms with van der Waals surface area (Å²) in [7, 11) is 2.19. The first kappa shape index (κ1) is 13.9. The summed E-state index contributed by atoms with van der Waals surface area (Å²) in [5.41, 5.74) is 1.10. The number of aromatic nitrogens is 3. The van der Waals surface area contributed by atoms with Crippen LogP contribution in [0.1, 0.15) is 18.5 Å². The summed E-state index contributed by atoms with van der Waals surface area (Å²) in [6, 6.07) is 7.81. The van der Waals surface area contributed by atoms with Crippen LogP contribution in [0.5, 0.6) is 0 Å². The zero-order valence-electron chi connectivity index (χ0n) is 12.4. The largest absolute Gasteiger partial charge is 0.325 e. The molecule has 0 saturated carbocycles. The fraction of sp³-hybridized carbons (Fsp3) is 0.438. The lowest BCUT2D eigenvalue weighted by atomic mass is 9.93. The first-order chi connectivity index (χ1) is 10.3. The molecule has 21 heavy (non-hydrogen) atoms. The van der Waals surface area contributed by atoms with Crippen LogP contribution in [0.25, 0.3) is 0 Å². The van der Waals surface area contributed by atoms with Crippen molar-refractivity contribution in [2.45, 2.75) is 19.3 Å². The number of hydrogen-bond donors (Lipinski definition) is 1. The van der Waals surface area contributed by atoms with E-state index in [2.05, 4.69) is 32.2 Å². The van der Waals surface area contributed by atoms with Gasteiger partial charge >= 0.3 is 0 Å². The highest BCUT2D eigenvalue weighted by atomic mass is 15.1. The molecule has 2 aromatic heterocycles. The maximum absolute atomic E-state index is 4.41. The zero-order chi connectivity index (χ0) is 14.5. The van der Waals surface area contributed by atoms with Gasteiger partial charge in [0.2, 0.25) is 0 Å². The quantitative estimate of drug-likeness (QED) is 0.934. The summed E-state index contributed by atoms with van der Waals surface area (Å²) in [5, 5.41) is 3.22. The average molecular weight is 283 g/mol. The van der Waals surface area contributed by atoms with Crippen LogP contribution < -0.4 is 5.32 Å². The molecule has 0 spiro atoms. The third kappa shape index (κ3) is 3.98. The van der Waals surface area contributed by atoms with Gasteiger partial charge in [-0.3, -0.25) is 0 Å². The number of nitrogens with zero attached hydrogens (tertiary/aromatic N) is 4. The van der Waals surface area contributed by atoms with Gasteiger partial charge in [0.1, 0.15) is 18.0 Å². The van der Waals surface area contributed by atoms with Crippen molar-refractivity contribution in [2.75, 3.05) is 25.5 Å². The molecular formula is C16H21N5. The Labute approximate surface area is 125 Å². The highest BCUT2D eigenvalue weighted by molar-refractivity contribution is 5.50. The number of nitrogens with one attached hydrogen (secondary N) is 1. The highest BCUT2D eigenvalue weighted by Gasteiger charge is 2.18. The van der Waals surface area contributed by atoms with E-state index < -0.39 is 0 Å². The van der Waals surface area contributed by atoms with Crippen molar-refractivity contribution in [3.05, 3.63) is 42.5 Å². The van der Waals surface area contributed by atoms with Gasteiger partial charge in [0.25, 0.3) is 0 Å². The van der Waals surface area contributed by atoms with Crippen LogP contribution in [-0.4, -0.2) is 40.0 Å². The standard InChI is InChI=1S/C16H21N5/c1-21-8-4-5-13(11-21)9-14-10-16(19-12-18-14)20-15-6-2-3-7-17-15/h2-3,6-7,10,12-13H,4-5,8-9,11H2,1H3,(H,17,18,19,20). The van der Waals surface area contributed by atoms with Crippen LogP contribution in [0, 0.1) is 5.92 Å². The first-order valence-corrected chi connectivity index (χ1v) is 7.47. The third-order valence-electron chi connectivity index (χ3n) is 3.86. The molecule has 1 unspecified atom stereocenters. The number of anilines is 2. The molecule has 110 valence electrons. The Hall–Kier alpha value is -2.01. The molecule has 0 aliphatic carbocycles. The van der Waals surface area contributed by atoms with Gasteiger partial charge in [-0.15, -0.1) is 0 Å². The second kappa shape index (κ2) is 6.63. The van der Waals surface area contributed by atoms with E-state index in [-0.39, 0.29) is 0 Å². The molecule has 1 atom stereocenters. The number of likely N-dealkylation sites (tertiary alicyclic amines) is 1. The normalized spacial score (nSPS) is 19.4. The van der Waals surface area contributed by atoms with Crippen LogP contribution in [0.3, 0.4) is 0 Å². The Balaban J connectivity index is 1.65. The van der Waals surface area contributed by atoms with Crippen molar-refractivity contribution in [3.8, 4) is 0 Å². The lowest BCUT2D eigenvalue weighted by molar-refractivity contribution is 0.208. The number of pyridine rings is 1. The van der Waals surface area contributed by atoms with Gasteiger partial charge in [-0.25, -0.2) is 15.0 Å². The molecule has 5 nitrogen and oxygen atoms in total. The van der Waals surface area contributed by atoms with Crippen molar-refractivity contribution in [2.24, 2.45) is 5.92 Å². The molecule has 3 heterocycles. The van der Waals surface area contributed by atoms with Gasteiger partial charge in [-0.1, -0.05) is 6.07 Å². The molecule has 0 amide bonds. The van der Waals surface area contributed by atoms with Gasteiger partial charge in [-0.2, -0.15) is 0 Å². The molecule has 0 aromatic carbocycles. The zero-order valence-corrected chi connectivity index (χ0v) is 12.4. The molecule has 1 aliphatic rings. The van der Waals surface area contributed by atoms with Crippen molar-refractivity contribution in [1.29, 1.82) is 0 Å². The Kier molecular flexibility index (Phi) is 4.40. The summed E-state index contributed by atoms with van der Waals surface area (Å²) >= 11 is 0. The van der Waals surface area contributed by atoms with Crippen molar-refractivity contribution in [3.63, 3.8) is 0 Å². The Morgan fingerprint density at radius 2 is 2.19 bits per heavy atom. The van der Waals surface area contributed by atoms with Gasteiger partial charge in [0.05, 0.1) is 0 Å². The fourth-order valence-electron chi connectivity index (χ4n) is 2.88. The smallest absolute Gasteiger partial charge is 0.135 e. The van der Waals surface area contributed by atoms with E-state index in [1.807, 2.05) is 24.3 Å². The molecule has 1 N–H and O–H groups in total. The monoisotopic (exact) mass is 283 g/mol. The molecule has 1 saturated heterocycles. The molecule has 5 heteroatoms. The first-order valence-electron chi connectivity index (χ1n) is 7.47. The molecule has 0 bridgehead atoms. The van der Waals surface area contributed by atoms with Crippen molar-refractivity contribution in [1.82, 2.24) is 19.9 Å². The minimum atomic E-state index is 0.696. The molecular weight excluding hydrogens is 262 g/mol. The van der Waals surface area contributed by atoms with Gasteiger partial charge < -0.3 is 10.2 Å². The predicted molar refractivity (Wildman–Crippen MR) is 83.5 cm³/mol. The van der Waals surface area contributed by atoms with E-state index in [0.29, 0.717) is 5.92 Å². The van der Waals surface area contributed by atoms with Crippen LogP contribution in [0.4, 0.5) is 11.6 Å². The van der Waals surface area contributed by atoms with Gasteiger partial charge in [0, 0.05) is 24.5 Å². The van der Waals surface area contributed by atoms with Crippen molar-refractivity contribution >= 4 is 11.6 Å². The topological polar surface area (TPSA) is 53.9 Å². The van der Waals surface area contributed by atoms with Crippen LogP contribution in [0.2, 0.25) is 0 Å². The van der Waals surface area contributed by atoms with E-state index in [9.17, 15) is 0 Å². The SMILES string of the molecule is CN1CCCC(Cc2cc(Nc3ccccn3)ncn2)C1. The second-order valence-corrected chi connectivity index (χ2v) is 5.71. The number of rotatable bonds is 4. The molecule has 1 aliphatic heterocycles. The molecule has 3 rings (SSSR count). The predicted octanol–water partition coefficient (Wildman–Crippen LogP) is 2.50. The average Bonchev–Trinajstić information content (AvgIpc) is 2.49. The molecule has 2 aromatic rings. The lowest BCUT2D eigenvalue weighted by Gasteiger charge is -2.29. The molecule has 1 fully saturated rings. The summed E-state index contributed by atoms with van der Waals surface area (Å²) < 4.78 is 0. The van der Waals surface area contributed by atoms with Crippen molar-refractivity contribution < 1.29 is 0 Å². The summed E-state index contributed by atoms with van der Waals surface area (Å²) in [5.74, 6) is 2.31. The van der Waals surface area contributed by atoms with Crippen LogP contribution in [-0.2, 0) is 6.42 Å². The highest BCUT2D eigenvalue weighted by Crippen LogP contribution is 2.20. The fourth-order valence-corrected chi connectivity index (χ4v) is 2.88. The van der Waals surface area contributed by atoms with E-state index in [4.69, 9.17) is 0 Å². The second-order valence-electron chi connectivity index (χ2n) is 5.71. The van der Waals surface area contributed by atoms with E-state index in [1.54, 1.807) is 12.5 Å². The lowest BCUT2D eigenvalue weighted by Crippen LogP contribution is -2.33. The Morgan fingerprint density at radius 3 is 3.00 bits per heavy atom.